The summed E-state index contributed by atoms with van der Waals surface area (Å²) in [5, 5.41) is 5.20. The molecule has 1 amide bonds. The molecule has 0 aliphatic carbocycles. The zero-order valence-electron chi connectivity index (χ0n) is 16.9. The Kier molecular flexibility index (Phi) is 5.68. The Morgan fingerprint density at radius 1 is 1.23 bits per heavy atom. The Hall–Kier alpha value is -3.72. The molecule has 4 rings (SSSR count). The Labute approximate surface area is 181 Å². The number of aryl methyl sites for hydroxylation is 1. The molecule has 1 N–H and O–H groups in total. The fourth-order valence-electron chi connectivity index (χ4n) is 3.16. The summed E-state index contributed by atoms with van der Waals surface area (Å²) in [7, 11) is 0. The number of amides is 1. The van der Waals surface area contributed by atoms with E-state index in [1.54, 1.807) is 55.6 Å². The van der Waals surface area contributed by atoms with Gasteiger partial charge in [-0.05, 0) is 38.1 Å². The lowest BCUT2D eigenvalue weighted by Crippen LogP contribution is -2.28. The Balaban J connectivity index is 1.62. The number of furan rings is 1. The Bertz CT molecular complexity index is 1330. The number of hydrogen-bond donors (Lipinski definition) is 1. The molecule has 158 valence electrons. The second-order valence-corrected chi connectivity index (χ2v) is 7.61. The van der Waals surface area contributed by atoms with Crippen molar-refractivity contribution in [3.63, 3.8) is 0 Å². The van der Waals surface area contributed by atoms with E-state index in [4.69, 9.17) is 9.15 Å². The van der Waals surface area contributed by atoms with Crippen LogP contribution in [0.3, 0.4) is 0 Å². The van der Waals surface area contributed by atoms with Crippen LogP contribution < -0.4 is 10.9 Å². The van der Waals surface area contributed by atoms with Crippen molar-refractivity contribution in [2.75, 3.05) is 11.9 Å². The largest absolute Gasteiger partial charge is 0.462 e. The van der Waals surface area contributed by atoms with Gasteiger partial charge in [-0.2, -0.15) is 0 Å². The Morgan fingerprint density at radius 2 is 2.03 bits per heavy atom. The summed E-state index contributed by atoms with van der Waals surface area (Å²) in [4.78, 5) is 42.1. The quantitative estimate of drug-likeness (QED) is 0.460. The highest BCUT2D eigenvalue weighted by Gasteiger charge is 2.24. The van der Waals surface area contributed by atoms with Crippen LogP contribution in [0.5, 0.6) is 0 Å². The second-order valence-electron chi connectivity index (χ2n) is 6.73. The van der Waals surface area contributed by atoms with Crippen molar-refractivity contribution in [2.45, 2.75) is 20.4 Å². The molecule has 0 bridgehead atoms. The van der Waals surface area contributed by atoms with Gasteiger partial charge in [0.2, 0.25) is 5.91 Å². The molecule has 9 heteroatoms. The molecule has 1 aromatic carbocycles. The van der Waals surface area contributed by atoms with Crippen LogP contribution in [0.2, 0.25) is 0 Å². The van der Waals surface area contributed by atoms with E-state index in [1.807, 2.05) is 0 Å². The van der Waals surface area contributed by atoms with E-state index < -0.39 is 11.9 Å². The third kappa shape index (κ3) is 4.13. The summed E-state index contributed by atoms with van der Waals surface area (Å²) in [6, 6.07) is 10.5. The number of hydrogen-bond acceptors (Lipinski definition) is 7. The number of carbonyl (C=O) groups excluding carboxylic acids is 2. The van der Waals surface area contributed by atoms with E-state index >= 15 is 0 Å². The maximum Gasteiger partial charge on any atom is 0.341 e. The monoisotopic (exact) mass is 437 g/mol. The lowest BCUT2D eigenvalue weighted by molar-refractivity contribution is -0.116. The third-order valence-corrected chi connectivity index (χ3v) is 5.47. The molecule has 0 aliphatic rings. The van der Waals surface area contributed by atoms with E-state index in [0.717, 1.165) is 0 Å². The van der Waals surface area contributed by atoms with Crippen molar-refractivity contribution in [1.82, 2.24) is 9.55 Å². The second kappa shape index (κ2) is 8.57. The predicted octanol–water partition coefficient (Wildman–Crippen LogP) is 3.84. The molecule has 0 unspecified atom stereocenters. The van der Waals surface area contributed by atoms with Gasteiger partial charge in [0.25, 0.3) is 5.56 Å². The highest BCUT2D eigenvalue weighted by molar-refractivity contribution is 7.15. The van der Waals surface area contributed by atoms with E-state index in [0.29, 0.717) is 33.0 Å². The van der Waals surface area contributed by atoms with Gasteiger partial charge in [0, 0.05) is 10.9 Å². The molecular weight excluding hydrogens is 418 g/mol. The van der Waals surface area contributed by atoms with Crippen molar-refractivity contribution in [2.24, 2.45) is 0 Å². The van der Waals surface area contributed by atoms with E-state index in [1.165, 1.54) is 22.2 Å². The third-order valence-electron chi connectivity index (χ3n) is 4.57. The van der Waals surface area contributed by atoms with Gasteiger partial charge in [0.05, 0.1) is 23.8 Å². The highest BCUT2D eigenvalue weighted by Crippen LogP contribution is 2.37. The molecule has 0 aliphatic heterocycles. The van der Waals surface area contributed by atoms with Crippen LogP contribution in [0.25, 0.3) is 22.2 Å². The average Bonchev–Trinajstić information content (AvgIpc) is 3.36. The van der Waals surface area contributed by atoms with Gasteiger partial charge in [-0.3, -0.25) is 14.2 Å². The number of aromatic nitrogens is 2. The van der Waals surface area contributed by atoms with Crippen molar-refractivity contribution in [3.8, 4) is 11.3 Å². The molecule has 0 saturated heterocycles. The summed E-state index contributed by atoms with van der Waals surface area (Å²) >= 11 is 1.18. The molecule has 0 atom stereocenters. The molecule has 4 aromatic rings. The SMILES string of the molecule is CCOC(=O)c1c(-c2ccc(C)o2)csc1NC(=O)Cn1cnc2ccccc2c1=O. The summed E-state index contributed by atoms with van der Waals surface area (Å²) < 4.78 is 12.0. The number of fused-ring (bicyclic) bond motifs is 1. The summed E-state index contributed by atoms with van der Waals surface area (Å²) in [5.74, 6) is 0.179. The first kappa shape index (κ1) is 20.5. The van der Waals surface area contributed by atoms with Gasteiger partial charge in [0.15, 0.2) is 0 Å². The first-order valence-corrected chi connectivity index (χ1v) is 10.5. The van der Waals surface area contributed by atoms with Crippen LogP contribution in [-0.2, 0) is 16.1 Å². The van der Waals surface area contributed by atoms with Gasteiger partial charge in [-0.15, -0.1) is 11.3 Å². The standard InChI is InChI=1S/C22H19N3O5S/c1-3-29-22(28)19-15(17-9-8-13(2)30-17)11-31-20(19)24-18(26)10-25-12-23-16-7-5-4-6-14(16)21(25)27/h4-9,11-12H,3,10H2,1-2H3,(H,24,26). The maximum absolute atomic E-state index is 12.7. The van der Waals surface area contributed by atoms with Crippen LogP contribution in [0.4, 0.5) is 5.00 Å². The van der Waals surface area contributed by atoms with Crippen molar-refractivity contribution in [3.05, 3.63) is 69.8 Å². The number of esters is 1. The molecule has 3 heterocycles. The van der Waals surface area contributed by atoms with E-state index in [-0.39, 0.29) is 24.3 Å². The fraction of sp³-hybridized carbons (Fsp3) is 0.182. The maximum atomic E-state index is 12.7. The van der Waals surface area contributed by atoms with Crippen LogP contribution in [0.1, 0.15) is 23.0 Å². The Morgan fingerprint density at radius 3 is 2.77 bits per heavy atom. The summed E-state index contributed by atoms with van der Waals surface area (Å²) in [6.07, 6.45) is 1.34. The van der Waals surface area contributed by atoms with Crippen LogP contribution in [0, 0.1) is 6.92 Å². The zero-order chi connectivity index (χ0) is 22.0. The number of benzene rings is 1. The number of carbonyl (C=O) groups is 2. The number of anilines is 1. The smallest absolute Gasteiger partial charge is 0.341 e. The molecule has 0 saturated carbocycles. The van der Waals surface area contributed by atoms with Crippen molar-refractivity contribution in [1.29, 1.82) is 0 Å². The highest BCUT2D eigenvalue weighted by atomic mass is 32.1. The van der Waals surface area contributed by atoms with Gasteiger partial charge in [-0.1, -0.05) is 12.1 Å². The zero-order valence-corrected chi connectivity index (χ0v) is 17.7. The first-order valence-electron chi connectivity index (χ1n) is 9.57. The van der Waals surface area contributed by atoms with Gasteiger partial charge in [0.1, 0.15) is 28.6 Å². The topological polar surface area (TPSA) is 103 Å². The van der Waals surface area contributed by atoms with Gasteiger partial charge in [-0.25, -0.2) is 9.78 Å². The number of rotatable bonds is 6. The number of thiophene rings is 1. The first-order chi connectivity index (χ1) is 15.0. The summed E-state index contributed by atoms with van der Waals surface area (Å²) in [5.41, 5.74) is 1.00. The molecule has 0 fully saturated rings. The average molecular weight is 437 g/mol. The van der Waals surface area contributed by atoms with Crippen LogP contribution in [0.15, 0.2) is 57.3 Å². The lowest BCUT2D eigenvalue weighted by atomic mass is 10.1. The summed E-state index contributed by atoms with van der Waals surface area (Å²) in [6.45, 7) is 3.46. The molecule has 0 spiro atoms. The van der Waals surface area contributed by atoms with Gasteiger partial charge >= 0.3 is 5.97 Å². The molecular formula is C22H19N3O5S. The number of nitrogens with zero attached hydrogens (tertiary/aromatic N) is 2. The van der Waals surface area contributed by atoms with Crippen molar-refractivity contribution >= 4 is 39.1 Å². The van der Waals surface area contributed by atoms with Gasteiger partial charge < -0.3 is 14.5 Å². The normalized spacial score (nSPS) is 10.9. The van der Waals surface area contributed by atoms with Crippen LogP contribution >= 0.6 is 11.3 Å². The predicted molar refractivity (Wildman–Crippen MR) is 117 cm³/mol. The minimum atomic E-state index is -0.562. The number of nitrogens with one attached hydrogen (secondary N) is 1. The van der Waals surface area contributed by atoms with Crippen molar-refractivity contribution < 1.29 is 18.7 Å². The number of ether oxygens (including phenoxy) is 1. The molecule has 8 nitrogen and oxygen atoms in total. The lowest BCUT2D eigenvalue weighted by Gasteiger charge is -2.09. The van der Waals surface area contributed by atoms with E-state index in [2.05, 4.69) is 10.3 Å². The fourth-order valence-corrected chi connectivity index (χ4v) is 4.11. The minimum Gasteiger partial charge on any atom is -0.462 e. The van der Waals surface area contributed by atoms with E-state index in [9.17, 15) is 14.4 Å². The molecule has 0 radical (unpaired) electrons. The minimum absolute atomic E-state index is 0.191. The molecule has 31 heavy (non-hydrogen) atoms. The van der Waals surface area contributed by atoms with Crippen LogP contribution in [-0.4, -0.2) is 28.0 Å². The number of para-hydroxylation sites is 1. The molecule has 3 aromatic heterocycles.